The minimum atomic E-state index is 0.261. The van der Waals surface area contributed by atoms with Crippen molar-refractivity contribution in [3.8, 4) is 0 Å². The maximum absolute atomic E-state index is 6.07. The van der Waals surface area contributed by atoms with Gasteiger partial charge in [-0.25, -0.2) is 0 Å². The van der Waals surface area contributed by atoms with Crippen LogP contribution in [0, 0.1) is 0 Å². The van der Waals surface area contributed by atoms with Gasteiger partial charge in [0.05, 0.1) is 12.1 Å². The van der Waals surface area contributed by atoms with Crippen LogP contribution >= 0.6 is 0 Å². The number of likely N-dealkylation sites (tertiary alicyclic amines) is 1. The Hall–Kier alpha value is -0.770. The van der Waals surface area contributed by atoms with Crippen LogP contribution in [0.3, 0.4) is 0 Å². The van der Waals surface area contributed by atoms with Crippen molar-refractivity contribution in [2.45, 2.75) is 50.2 Å². The summed E-state index contributed by atoms with van der Waals surface area (Å²) in [7, 11) is 2.22. The third kappa shape index (κ3) is 1.43. The van der Waals surface area contributed by atoms with Crippen molar-refractivity contribution in [2.24, 2.45) is 10.7 Å². The number of hydrogen-bond acceptors (Lipinski definition) is 4. The van der Waals surface area contributed by atoms with Gasteiger partial charge in [0.25, 0.3) is 0 Å². The van der Waals surface area contributed by atoms with Gasteiger partial charge < -0.3 is 15.5 Å². The first-order valence-corrected chi connectivity index (χ1v) is 6.42. The quantitative estimate of drug-likeness (QED) is 0.708. The van der Waals surface area contributed by atoms with Crippen LogP contribution in [-0.2, 0) is 0 Å². The zero-order chi connectivity index (χ0) is 11.3. The maximum atomic E-state index is 6.07. The topological polar surface area (TPSA) is 44.9 Å². The normalized spacial score (nSPS) is 40.5. The fourth-order valence-corrected chi connectivity index (χ4v) is 3.31. The molecule has 2 unspecified atom stereocenters. The van der Waals surface area contributed by atoms with Crippen molar-refractivity contribution >= 4 is 5.96 Å². The Labute approximate surface area is 97.5 Å². The molecular weight excluding hydrogens is 200 g/mol. The lowest BCUT2D eigenvalue weighted by Gasteiger charge is -2.47. The molecule has 0 bridgehead atoms. The van der Waals surface area contributed by atoms with Crippen LogP contribution in [0.2, 0.25) is 0 Å². The summed E-state index contributed by atoms with van der Waals surface area (Å²) in [5.41, 5.74) is 6.33. The largest absolute Gasteiger partial charge is 0.370 e. The smallest absolute Gasteiger partial charge is 0.192 e. The second-order valence-electron chi connectivity index (χ2n) is 5.78. The van der Waals surface area contributed by atoms with E-state index >= 15 is 0 Å². The first-order valence-electron chi connectivity index (χ1n) is 6.42. The van der Waals surface area contributed by atoms with E-state index in [1.807, 2.05) is 0 Å². The number of nitrogens with zero attached hydrogens (tertiary/aromatic N) is 3. The molecule has 4 heteroatoms. The van der Waals surface area contributed by atoms with Gasteiger partial charge in [-0.1, -0.05) is 0 Å². The molecule has 0 radical (unpaired) electrons. The van der Waals surface area contributed by atoms with Gasteiger partial charge in [-0.15, -0.1) is 0 Å². The van der Waals surface area contributed by atoms with Crippen molar-refractivity contribution < 1.29 is 0 Å². The molecule has 90 valence electrons. The second-order valence-corrected chi connectivity index (χ2v) is 5.78. The van der Waals surface area contributed by atoms with Gasteiger partial charge in [-0.2, -0.15) is 0 Å². The second kappa shape index (κ2) is 3.36. The Morgan fingerprint density at radius 3 is 2.81 bits per heavy atom. The molecule has 1 saturated carbocycles. The summed E-state index contributed by atoms with van der Waals surface area (Å²) >= 11 is 0. The molecule has 2 aliphatic heterocycles. The first kappa shape index (κ1) is 10.4. The van der Waals surface area contributed by atoms with E-state index in [0.717, 1.165) is 12.5 Å². The van der Waals surface area contributed by atoms with Crippen molar-refractivity contribution in [1.29, 1.82) is 0 Å². The SMILES string of the molecule is CC1CC2(CCN1C)CN=C(N)N2C1CC1. The van der Waals surface area contributed by atoms with Gasteiger partial charge in [0, 0.05) is 18.6 Å². The molecule has 16 heavy (non-hydrogen) atoms. The van der Waals surface area contributed by atoms with Crippen LogP contribution in [-0.4, -0.2) is 53.5 Å². The Balaban J connectivity index is 1.82. The lowest BCUT2D eigenvalue weighted by Crippen LogP contribution is -2.59. The molecule has 1 aliphatic carbocycles. The van der Waals surface area contributed by atoms with Crippen LogP contribution in [0.25, 0.3) is 0 Å². The molecule has 2 fully saturated rings. The third-order valence-electron chi connectivity index (χ3n) is 4.56. The zero-order valence-corrected chi connectivity index (χ0v) is 10.3. The minimum absolute atomic E-state index is 0.261. The number of nitrogens with two attached hydrogens (primary N) is 1. The number of hydrogen-bond donors (Lipinski definition) is 1. The molecule has 1 saturated heterocycles. The fraction of sp³-hybridized carbons (Fsp3) is 0.917. The number of aliphatic imine (C=N–C) groups is 1. The van der Waals surface area contributed by atoms with Gasteiger partial charge in [-0.05, 0) is 39.7 Å². The third-order valence-corrected chi connectivity index (χ3v) is 4.56. The molecule has 2 atom stereocenters. The molecule has 2 heterocycles. The molecule has 3 aliphatic rings. The molecular formula is C12H22N4. The first-order chi connectivity index (χ1) is 7.62. The lowest BCUT2D eigenvalue weighted by atomic mass is 9.83. The fourth-order valence-electron chi connectivity index (χ4n) is 3.31. The molecule has 4 nitrogen and oxygen atoms in total. The Morgan fingerprint density at radius 1 is 1.44 bits per heavy atom. The molecule has 0 aromatic heterocycles. The van der Waals surface area contributed by atoms with Crippen molar-refractivity contribution in [1.82, 2.24) is 9.80 Å². The van der Waals surface area contributed by atoms with Gasteiger partial charge >= 0.3 is 0 Å². The average molecular weight is 222 g/mol. The van der Waals surface area contributed by atoms with Crippen molar-refractivity contribution in [3.63, 3.8) is 0 Å². The number of guanidine groups is 1. The summed E-state index contributed by atoms with van der Waals surface area (Å²) in [4.78, 5) is 9.42. The standard InChI is InChI=1S/C12H22N4/c1-9-7-12(5-6-15(9)2)8-14-11(13)16(12)10-3-4-10/h9-10H,3-8H2,1-2H3,(H2,13,14). The summed E-state index contributed by atoms with van der Waals surface area (Å²) in [6.07, 6.45) is 5.04. The number of rotatable bonds is 1. The maximum Gasteiger partial charge on any atom is 0.192 e. The molecule has 2 N–H and O–H groups in total. The Morgan fingerprint density at radius 2 is 2.19 bits per heavy atom. The van der Waals surface area contributed by atoms with Crippen LogP contribution in [0.1, 0.15) is 32.6 Å². The summed E-state index contributed by atoms with van der Waals surface area (Å²) < 4.78 is 0. The highest BCUT2D eigenvalue weighted by Gasteiger charge is 2.50. The Bertz CT molecular complexity index is 323. The molecule has 1 spiro atoms. The van der Waals surface area contributed by atoms with Crippen LogP contribution in [0.5, 0.6) is 0 Å². The number of piperidine rings is 1. The van der Waals surface area contributed by atoms with E-state index in [2.05, 4.69) is 28.8 Å². The van der Waals surface area contributed by atoms with Crippen LogP contribution in [0.15, 0.2) is 4.99 Å². The summed E-state index contributed by atoms with van der Waals surface area (Å²) in [6, 6.07) is 1.35. The predicted molar refractivity (Wildman–Crippen MR) is 65.4 cm³/mol. The van der Waals surface area contributed by atoms with Crippen LogP contribution in [0.4, 0.5) is 0 Å². The van der Waals surface area contributed by atoms with E-state index in [0.29, 0.717) is 12.1 Å². The lowest BCUT2D eigenvalue weighted by molar-refractivity contribution is 0.0595. The van der Waals surface area contributed by atoms with Gasteiger partial charge in [0.15, 0.2) is 5.96 Å². The Kier molecular flexibility index (Phi) is 2.18. The zero-order valence-electron chi connectivity index (χ0n) is 10.3. The highest BCUT2D eigenvalue weighted by atomic mass is 15.4. The van der Waals surface area contributed by atoms with E-state index in [9.17, 15) is 0 Å². The summed E-state index contributed by atoms with van der Waals surface area (Å²) in [5.74, 6) is 0.805. The van der Waals surface area contributed by atoms with Crippen molar-refractivity contribution in [3.05, 3.63) is 0 Å². The predicted octanol–water partition coefficient (Wildman–Crippen LogP) is 0.632. The molecule has 0 amide bonds. The molecule has 0 aromatic carbocycles. The van der Waals surface area contributed by atoms with Gasteiger partial charge in [-0.3, -0.25) is 4.99 Å². The van der Waals surface area contributed by atoms with Crippen LogP contribution < -0.4 is 5.73 Å². The van der Waals surface area contributed by atoms with E-state index in [1.165, 1.54) is 32.2 Å². The average Bonchev–Trinajstić information content (AvgIpc) is 3.02. The minimum Gasteiger partial charge on any atom is -0.370 e. The van der Waals surface area contributed by atoms with E-state index in [-0.39, 0.29) is 5.54 Å². The van der Waals surface area contributed by atoms with E-state index in [1.54, 1.807) is 0 Å². The van der Waals surface area contributed by atoms with E-state index in [4.69, 9.17) is 5.73 Å². The molecule has 3 rings (SSSR count). The summed E-state index contributed by atoms with van der Waals surface area (Å²) in [6.45, 7) is 4.42. The van der Waals surface area contributed by atoms with Crippen molar-refractivity contribution in [2.75, 3.05) is 20.1 Å². The van der Waals surface area contributed by atoms with Gasteiger partial charge in [0.2, 0.25) is 0 Å². The monoisotopic (exact) mass is 222 g/mol. The van der Waals surface area contributed by atoms with Gasteiger partial charge in [0.1, 0.15) is 0 Å². The van der Waals surface area contributed by atoms with E-state index < -0.39 is 0 Å². The highest BCUT2D eigenvalue weighted by molar-refractivity contribution is 5.81. The highest BCUT2D eigenvalue weighted by Crippen LogP contribution is 2.42. The molecule has 0 aromatic rings. The summed E-state index contributed by atoms with van der Waals surface area (Å²) in [5, 5.41) is 0.